The Hall–Kier alpha value is -1.51. The Kier molecular flexibility index (Phi) is 5.69. The second-order valence-electron chi connectivity index (χ2n) is 4.80. The number of benzene rings is 1. The molecule has 0 radical (unpaired) electrons. The van der Waals surface area contributed by atoms with Crippen molar-refractivity contribution in [1.29, 1.82) is 0 Å². The standard InChI is InChI=1S/C15H23NO2/c1-5-13(4)16-15(17)6-7-18-14-9-11(2)8-12(3)10-14/h8-10,13H,5-7H2,1-4H3,(H,16,17). The van der Waals surface area contributed by atoms with Crippen LogP contribution in [0.3, 0.4) is 0 Å². The third-order valence-electron chi connectivity index (χ3n) is 2.81. The number of amides is 1. The zero-order chi connectivity index (χ0) is 13.5. The molecule has 100 valence electrons. The maximum absolute atomic E-state index is 11.5. The van der Waals surface area contributed by atoms with Crippen LogP contribution in [-0.2, 0) is 4.79 Å². The van der Waals surface area contributed by atoms with Gasteiger partial charge in [-0.05, 0) is 50.5 Å². The molecule has 0 spiro atoms. The van der Waals surface area contributed by atoms with Gasteiger partial charge in [0.05, 0.1) is 13.0 Å². The van der Waals surface area contributed by atoms with E-state index < -0.39 is 0 Å². The van der Waals surface area contributed by atoms with Gasteiger partial charge in [0.1, 0.15) is 5.75 Å². The molecule has 1 unspecified atom stereocenters. The van der Waals surface area contributed by atoms with Crippen molar-refractivity contribution in [2.24, 2.45) is 0 Å². The molecule has 0 aliphatic carbocycles. The second kappa shape index (κ2) is 7.04. The minimum atomic E-state index is 0.0497. The van der Waals surface area contributed by atoms with Crippen LogP contribution >= 0.6 is 0 Å². The molecule has 0 aliphatic heterocycles. The Bertz CT molecular complexity index is 381. The molecule has 0 aliphatic rings. The fraction of sp³-hybridized carbons (Fsp3) is 0.533. The average Bonchev–Trinajstić information content (AvgIpc) is 2.27. The summed E-state index contributed by atoms with van der Waals surface area (Å²) in [5, 5.41) is 2.92. The zero-order valence-electron chi connectivity index (χ0n) is 11.7. The molecule has 1 N–H and O–H groups in total. The molecular formula is C15H23NO2. The van der Waals surface area contributed by atoms with Crippen LogP contribution in [0.1, 0.15) is 37.8 Å². The summed E-state index contributed by atoms with van der Waals surface area (Å²) in [7, 11) is 0. The lowest BCUT2D eigenvalue weighted by atomic mass is 10.1. The van der Waals surface area contributed by atoms with Crippen LogP contribution in [0.15, 0.2) is 18.2 Å². The van der Waals surface area contributed by atoms with Gasteiger partial charge in [-0.25, -0.2) is 0 Å². The summed E-state index contributed by atoms with van der Waals surface area (Å²) in [5.41, 5.74) is 2.35. The zero-order valence-corrected chi connectivity index (χ0v) is 11.7. The van der Waals surface area contributed by atoms with Crippen molar-refractivity contribution in [3.63, 3.8) is 0 Å². The lowest BCUT2D eigenvalue weighted by Gasteiger charge is -2.12. The van der Waals surface area contributed by atoms with E-state index >= 15 is 0 Å². The normalized spacial score (nSPS) is 12.0. The molecule has 0 saturated heterocycles. The topological polar surface area (TPSA) is 38.3 Å². The van der Waals surface area contributed by atoms with Crippen LogP contribution < -0.4 is 10.1 Å². The highest BCUT2D eigenvalue weighted by atomic mass is 16.5. The third-order valence-corrected chi connectivity index (χ3v) is 2.81. The molecule has 0 bridgehead atoms. The first-order valence-electron chi connectivity index (χ1n) is 6.51. The molecule has 0 heterocycles. The highest BCUT2D eigenvalue weighted by Gasteiger charge is 2.05. The quantitative estimate of drug-likeness (QED) is 0.841. The van der Waals surface area contributed by atoms with E-state index in [0.717, 1.165) is 12.2 Å². The first-order valence-corrected chi connectivity index (χ1v) is 6.51. The predicted molar refractivity (Wildman–Crippen MR) is 73.9 cm³/mol. The third kappa shape index (κ3) is 5.21. The van der Waals surface area contributed by atoms with Gasteiger partial charge < -0.3 is 10.1 Å². The van der Waals surface area contributed by atoms with Gasteiger partial charge in [0.25, 0.3) is 0 Å². The van der Waals surface area contributed by atoms with Crippen LogP contribution in [0, 0.1) is 13.8 Å². The van der Waals surface area contributed by atoms with Crippen molar-refractivity contribution >= 4 is 5.91 Å². The van der Waals surface area contributed by atoms with Gasteiger partial charge in [0.2, 0.25) is 5.91 Å². The van der Waals surface area contributed by atoms with E-state index in [0.29, 0.717) is 13.0 Å². The van der Waals surface area contributed by atoms with Crippen molar-refractivity contribution in [2.45, 2.75) is 46.6 Å². The van der Waals surface area contributed by atoms with Crippen molar-refractivity contribution in [3.05, 3.63) is 29.3 Å². The summed E-state index contributed by atoms with van der Waals surface area (Å²) < 4.78 is 5.59. The van der Waals surface area contributed by atoms with Gasteiger partial charge in [0.15, 0.2) is 0 Å². The number of carbonyl (C=O) groups is 1. The Morgan fingerprint density at radius 2 is 1.89 bits per heavy atom. The predicted octanol–water partition coefficient (Wildman–Crippen LogP) is 2.99. The van der Waals surface area contributed by atoms with Crippen molar-refractivity contribution in [2.75, 3.05) is 6.61 Å². The molecule has 0 aromatic heterocycles. The first kappa shape index (κ1) is 14.6. The lowest BCUT2D eigenvalue weighted by Crippen LogP contribution is -2.32. The maximum atomic E-state index is 11.5. The summed E-state index contributed by atoms with van der Waals surface area (Å²) in [4.78, 5) is 11.5. The minimum Gasteiger partial charge on any atom is -0.493 e. The van der Waals surface area contributed by atoms with E-state index in [1.807, 2.05) is 32.9 Å². The summed E-state index contributed by atoms with van der Waals surface area (Å²) >= 11 is 0. The first-order chi connectivity index (χ1) is 8.51. The molecular weight excluding hydrogens is 226 g/mol. The van der Waals surface area contributed by atoms with Gasteiger partial charge in [0, 0.05) is 6.04 Å². The molecule has 1 aromatic carbocycles. The summed E-state index contributed by atoms with van der Waals surface area (Å²) in [6.07, 6.45) is 1.35. The van der Waals surface area contributed by atoms with Gasteiger partial charge in [-0.15, -0.1) is 0 Å². The molecule has 18 heavy (non-hydrogen) atoms. The summed E-state index contributed by atoms with van der Waals surface area (Å²) in [5.74, 6) is 0.887. The number of aryl methyl sites for hydroxylation is 2. The van der Waals surface area contributed by atoms with E-state index in [2.05, 4.69) is 18.3 Å². The number of hydrogen-bond acceptors (Lipinski definition) is 2. The van der Waals surface area contributed by atoms with Crippen LogP contribution in [0.4, 0.5) is 0 Å². The summed E-state index contributed by atoms with van der Waals surface area (Å²) in [6.45, 7) is 8.55. The molecule has 1 amide bonds. The monoisotopic (exact) mass is 249 g/mol. The van der Waals surface area contributed by atoms with Crippen LogP contribution in [0.25, 0.3) is 0 Å². The molecule has 1 rings (SSSR count). The smallest absolute Gasteiger partial charge is 0.223 e. The Balaban J connectivity index is 2.35. The Labute approximate surface area is 110 Å². The molecule has 3 nitrogen and oxygen atoms in total. The van der Waals surface area contributed by atoms with E-state index in [1.54, 1.807) is 0 Å². The van der Waals surface area contributed by atoms with Crippen LogP contribution in [0.5, 0.6) is 5.75 Å². The number of hydrogen-bond donors (Lipinski definition) is 1. The molecule has 3 heteroatoms. The molecule has 1 atom stereocenters. The van der Waals surface area contributed by atoms with Crippen molar-refractivity contribution < 1.29 is 9.53 Å². The maximum Gasteiger partial charge on any atom is 0.223 e. The van der Waals surface area contributed by atoms with Gasteiger partial charge in [-0.1, -0.05) is 13.0 Å². The van der Waals surface area contributed by atoms with Gasteiger partial charge >= 0.3 is 0 Å². The molecule has 1 aromatic rings. The number of rotatable bonds is 6. The Morgan fingerprint density at radius 1 is 1.28 bits per heavy atom. The van der Waals surface area contributed by atoms with E-state index in [-0.39, 0.29) is 11.9 Å². The number of carbonyl (C=O) groups excluding carboxylic acids is 1. The highest BCUT2D eigenvalue weighted by Crippen LogP contribution is 2.16. The van der Waals surface area contributed by atoms with Crippen LogP contribution in [-0.4, -0.2) is 18.6 Å². The average molecular weight is 249 g/mol. The largest absolute Gasteiger partial charge is 0.493 e. The van der Waals surface area contributed by atoms with Crippen LogP contribution in [0.2, 0.25) is 0 Å². The fourth-order valence-corrected chi connectivity index (χ4v) is 1.73. The SMILES string of the molecule is CCC(C)NC(=O)CCOc1cc(C)cc(C)c1. The van der Waals surface area contributed by atoms with E-state index in [1.165, 1.54) is 11.1 Å². The van der Waals surface area contributed by atoms with Crippen molar-refractivity contribution in [3.8, 4) is 5.75 Å². The van der Waals surface area contributed by atoms with Crippen molar-refractivity contribution in [1.82, 2.24) is 5.32 Å². The summed E-state index contributed by atoms with van der Waals surface area (Å²) in [6, 6.07) is 6.31. The molecule has 0 fully saturated rings. The second-order valence-corrected chi connectivity index (χ2v) is 4.80. The highest BCUT2D eigenvalue weighted by molar-refractivity contribution is 5.76. The molecule has 0 saturated carbocycles. The van der Waals surface area contributed by atoms with E-state index in [4.69, 9.17) is 4.74 Å². The number of ether oxygens (including phenoxy) is 1. The Morgan fingerprint density at radius 3 is 2.44 bits per heavy atom. The number of nitrogens with one attached hydrogen (secondary N) is 1. The lowest BCUT2D eigenvalue weighted by molar-refractivity contribution is -0.122. The van der Waals surface area contributed by atoms with Gasteiger partial charge in [-0.3, -0.25) is 4.79 Å². The minimum absolute atomic E-state index is 0.0497. The van der Waals surface area contributed by atoms with E-state index in [9.17, 15) is 4.79 Å². The van der Waals surface area contributed by atoms with Gasteiger partial charge in [-0.2, -0.15) is 0 Å². The fourth-order valence-electron chi connectivity index (χ4n) is 1.73.